The van der Waals surface area contributed by atoms with E-state index in [1.54, 1.807) is 13.0 Å². The Morgan fingerprint density at radius 1 is 1.41 bits per heavy atom. The topological polar surface area (TPSA) is 67.6 Å². The van der Waals surface area contributed by atoms with Crippen molar-refractivity contribution in [1.29, 1.82) is 0 Å². The molecule has 1 aromatic carbocycles. The summed E-state index contributed by atoms with van der Waals surface area (Å²) >= 11 is 8.08. The number of benzene rings is 1. The van der Waals surface area contributed by atoms with Crippen LogP contribution in [0.3, 0.4) is 0 Å². The first-order chi connectivity index (χ1) is 14.0. The lowest BCUT2D eigenvalue weighted by Gasteiger charge is -2.43. The molecule has 2 aliphatic rings. The molecule has 156 valence electrons. The summed E-state index contributed by atoms with van der Waals surface area (Å²) in [6.45, 7) is 5.29. The van der Waals surface area contributed by atoms with Crippen LogP contribution in [-0.4, -0.2) is 65.9 Å². The number of ether oxygens (including phenoxy) is 1. The fourth-order valence-corrected chi connectivity index (χ4v) is 5.73. The predicted molar refractivity (Wildman–Crippen MR) is 111 cm³/mol. The first kappa shape index (κ1) is 20.7. The minimum Gasteiger partial charge on any atom is -0.379 e. The maximum Gasteiger partial charge on any atom is 0.257 e. The number of rotatable bonds is 5. The molecular formula is C20H23ClFN3O3S. The molecule has 6 nitrogen and oxygen atoms in total. The molecule has 2 fully saturated rings. The molecule has 1 N–H and O–H groups in total. The zero-order chi connectivity index (χ0) is 20.4. The van der Waals surface area contributed by atoms with E-state index in [-0.39, 0.29) is 33.3 Å². The van der Waals surface area contributed by atoms with Crippen LogP contribution >= 0.6 is 23.4 Å². The Morgan fingerprint density at radius 3 is 2.90 bits per heavy atom. The average molecular weight is 440 g/mol. The standard InChI is InChI=1S/C20H23ClFN3O3S/c1-13-16(18(24-28-13)17-14(21)3-2-4-15(17)22)19(26)23-11-20(5-10-29-12-20)25-6-8-27-9-7-25/h2-4H,5-12H2,1H3,(H,23,26). The highest BCUT2D eigenvalue weighted by molar-refractivity contribution is 7.99. The van der Waals surface area contributed by atoms with Gasteiger partial charge in [0.05, 0.1) is 23.8 Å². The van der Waals surface area contributed by atoms with Gasteiger partial charge in [-0.05, 0) is 31.2 Å². The average Bonchev–Trinajstić information content (AvgIpc) is 3.35. The zero-order valence-electron chi connectivity index (χ0n) is 16.2. The van der Waals surface area contributed by atoms with Gasteiger partial charge in [0.1, 0.15) is 22.8 Å². The number of carbonyl (C=O) groups excluding carboxylic acids is 1. The summed E-state index contributed by atoms with van der Waals surface area (Å²) in [5.74, 6) is 1.48. The highest BCUT2D eigenvalue weighted by atomic mass is 35.5. The van der Waals surface area contributed by atoms with E-state index in [1.165, 1.54) is 12.1 Å². The highest BCUT2D eigenvalue weighted by Gasteiger charge is 2.41. The predicted octanol–water partition coefficient (Wildman–Crippen LogP) is 3.38. The Kier molecular flexibility index (Phi) is 6.15. The number of hydrogen-bond donors (Lipinski definition) is 1. The molecule has 0 aliphatic carbocycles. The SMILES string of the molecule is Cc1onc(-c2c(F)cccc2Cl)c1C(=O)NCC1(N2CCOCC2)CCSC1. The molecule has 1 atom stereocenters. The molecular weight excluding hydrogens is 417 g/mol. The van der Waals surface area contributed by atoms with Crippen molar-refractivity contribution in [2.75, 3.05) is 44.4 Å². The summed E-state index contributed by atoms with van der Waals surface area (Å²) in [5, 5.41) is 7.16. The third-order valence-electron chi connectivity index (χ3n) is 5.63. The minimum atomic E-state index is -0.545. The van der Waals surface area contributed by atoms with Gasteiger partial charge in [-0.1, -0.05) is 22.8 Å². The van der Waals surface area contributed by atoms with Crippen LogP contribution in [0.5, 0.6) is 0 Å². The Hall–Kier alpha value is -1.61. The first-order valence-corrected chi connectivity index (χ1v) is 11.1. The monoisotopic (exact) mass is 439 g/mol. The molecule has 29 heavy (non-hydrogen) atoms. The van der Waals surface area contributed by atoms with Crippen molar-refractivity contribution in [2.45, 2.75) is 18.9 Å². The summed E-state index contributed by atoms with van der Waals surface area (Å²) in [6.07, 6.45) is 1.01. The number of hydrogen-bond acceptors (Lipinski definition) is 6. The molecule has 2 aliphatic heterocycles. The van der Waals surface area contributed by atoms with Gasteiger partial charge in [0.25, 0.3) is 5.91 Å². The van der Waals surface area contributed by atoms with Crippen LogP contribution in [0.2, 0.25) is 5.02 Å². The normalized spacial score (nSPS) is 22.7. The van der Waals surface area contributed by atoms with Gasteiger partial charge in [0, 0.05) is 30.9 Å². The molecule has 2 aromatic rings. The molecule has 1 amide bonds. The van der Waals surface area contributed by atoms with Gasteiger partial charge in [0.2, 0.25) is 0 Å². The van der Waals surface area contributed by atoms with E-state index < -0.39 is 5.82 Å². The summed E-state index contributed by atoms with van der Waals surface area (Å²) in [5.41, 5.74) is 0.338. The van der Waals surface area contributed by atoms with Gasteiger partial charge < -0.3 is 14.6 Å². The lowest BCUT2D eigenvalue weighted by molar-refractivity contribution is -0.0129. The molecule has 0 radical (unpaired) electrons. The summed E-state index contributed by atoms with van der Waals surface area (Å²) < 4.78 is 25.1. The highest BCUT2D eigenvalue weighted by Crippen LogP contribution is 2.35. The number of amides is 1. The molecule has 0 spiro atoms. The number of nitrogens with one attached hydrogen (secondary N) is 1. The van der Waals surface area contributed by atoms with Crippen molar-refractivity contribution in [1.82, 2.24) is 15.4 Å². The Bertz CT molecular complexity index is 875. The van der Waals surface area contributed by atoms with Crippen LogP contribution < -0.4 is 5.32 Å². The van der Waals surface area contributed by atoms with Gasteiger partial charge in [0.15, 0.2) is 0 Å². The van der Waals surface area contributed by atoms with Gasteiger partial charge in [-0.3, -0.25) is 9.69 Å². The summed E-state index contributed by atoms with van der Waals surface area (Å²) in [6, 6.07) is 4.36. The number of nitrogens with zero attached hydrogens (tertiary/aromatic N) is 2. The Balaban J connectivity index is 1.57. The maximum atomic E-state index is 14.4. The van der Waals surface area contributed by atoms with E-state index in [0.717, 1.165) is 31.0 Å². The molecule has 3 heterocycles. The molecule has 1 aromatic heterocycles. The van der Waals surface area contributed by atoms with E-state index in [9.17, 15) is 9.18 Å². The second kappa shape index (κ2) is 8.63. The molecule has 0 bridgehead atoms. The van der Waals surface area contributed by atoms with Crippen LogP contribution in [0.15, 0.2) is 22.7 Å². The van der Waals surface area contributed by atoms with Crippen LogP contribution in [0, 0.1) is 12.7 Å². The van der Waals surface area contributed by atoms with Crippen molar-refractivity contribution in [3.63, 3.8) is 0 Å². The van der Waals surface area contributed by atoms with Crippen molar-refractivity contribution < 1.29 is 18.4 Å². The number of aromatic nitrogens is 1. The minimum absolute atomic E-state index is 0.0791. The van der Waals surface area contributed by atoms with Crippen LogP contribution in [-0.2, 0) is 4.74 Å². The summed E-state index contributed by atoms with van der Waals surface area (Å²) in [4.78, 5) is 15.5. The molecule has 0 saturated carbocycles. The zero-order valence-corrected chi connectivity index (χ0v) is 17.7. The number of thioether (sulfide) groups is 1. The van der Waals surface area contributed by atoms with Crippen molar-refractivity contribution in [3.05, 3.63) is 40.4 Å². The van der Waals surface area contributed by atoms with Gasteiger partial charge >= 0.3 is 0 Å². The van der Waals surface area contributed by atoms with Crippen LogP contribution in [0.1, 0.15) is 22.5 Å². The van der Waals surface area contributed by atoms with E-state index in [1.807, 2.05) is 11.8 Å². The number of carbonyl (C=O) groups is 1. The van der Waals surface area contributed by atoms with E-state index in [4.69, 9.17) is 20.9 Å². The summed E-state index contributed by atoms with van der Waals surface area (Å²) in [7, 11) is 0. The molecule has 2 saturated heterocycles. The van der Waals surface area contributed by atoms with Crippen LogP contribution in [0.25, 0.3) is 11.3 Å². The Morgan fingerprint density at radius 2 is 2.21 bits per heavy atom. The van der Waals surface area contributed by atoms with E-state index in [0.29, 0.717) is 25.5 Å². The van der Waals surface area contributed by atoms with E-state index in [2.05, 4.69) is 15.4 Å². The molecule has 1 unspecified atom stereocenters. The lowest BCUT2D eigenvalue weighted by Crippen LogP contribution is -2.59. The number of morpholine rings is 1. The third-order valence-corrected chi connectivity index (χ3v) is 7.18. The van der Waals surface area contributed by atoms with Crippen LogP contribution in [0.4, 0.5) is 4.39 Å². The fourth-order valence-electron chi connectivity index (χ4n) is 4.00. The smallest absolute Gasteiger partial charge is 0.257 e. The van der Waals surface area contributed by atoms with Crippen molar-refractivity contribution in [2.24, 2.45) is 0 Å². The quantitative estimate of drug-likeness (QED) is 0.770. The maximum absolute atomic E-state index is 14.4. The van der Waals surface area contributed by atoms with Gasteiger partial charge in [-0.15, -0.1) is 0 Å². The molecule has 9 heteroatoms. The Labute approximate surface area is 178 Å². The third kappa shape index (κ3) is 4.03. The number of aryl methyl sites for hydroxylation is 1. The number of halogens is 2. The van der Waals surface area contributed by atoms with Crippen molar-refractivity contribution >= 4 is 29.3 Å². The van der Waals surface area contributed by atoms with Gasteiger partial charge in [-0.2, -0.15) is 11.8 Å². The van der Waals surface area contributed by atoms with E-state index >= 15 is 0 Å². The first-order valence-electron chi connectivity index (χ1n) is 9.61. The van der Waals surface area contributed by atoms with Gasteiger partial charge in [-0.25, -0.2) is 4.39 Å². The lowest BCUT2D eigenvalue weighted by atomic mass is 9.95. The second-order valence-corrected chi connectivity index (χ2v) is 8.88. The second-order valence-electron chi connectivity index (χ2n) is 7.37. The molecule has 4 rings (SSSR count). The largest absolute Gasteiger partial charge is 0.379 e. The van der Waals surface area contributed by atoms with Crippen molar-refractivity contribution in [3.8, 4) is 11.3 Å². The fraction of sp³-hybridized carbons (Fsp3) is 0.500.